The molecule has 0 saturated heterocycles. The average Bonchev–Trinajstić information content (AvgIpc) is 4.05. The van der Waals surface area contributed by atoms with E-state index in [1.807, 2.05) is 0 Å². The van der Waals surface area contributed by atoms with Crippen molar-refractivity contribution in [3.8, 4) is 22.3 Å². The van der Waals surface area contributed by atoms with E-state index in [0.717, 1.165) is 12.8 Å². The summed E-state index contributed by atoms with van der Waals surface area (Å²) in [6.45, 7) is 0. The second-order valence-corrected chi connectivity index (χ2v) is 14.6. The molecular formula is C54H36. The molecular weight excluding hydrogens is 649 g/mol. The molecule has 7 aromatic carbocycles. The molecule has 0 aliphatic heterocycles. The van der Waals surface area contributed by atoms with Crippen LogP contribution in [0.5, 0.6) is 0 Å². The van der Waals surface area contributed by atoms with E-state index in [1.165, 1.54) is 111 Å². The molecule has 54 heavy (non-hydrogen) atoms. The third-order valence-electron chi connectivity index (χ3n) is 11.7. The van der Waals surface area contributed by atoms with Crippen LogP contribution in [0.3, 0.4) is 0 Å². The lowest BCUT2D eigenvalue weighted by Crippen LogP contribution is -2.00. The fourth-order valence-electron chi connectivity index (χ4n) is 9.38. The highest BCUT2D eigenvalue weighted by molar-refractivity contribution is 6.40. The van der Waals surface area contributed by atoms with E-state index in [1.54, 1.807) is 0 Å². The number of hydrogen-bond donors (Lipinski definition) is 0. The van der Waals surface area contributed by atoms with Gasteiger partial charge in [0.1, 0.15) is 0 Å². The van der Waals surface area contributed by atoms with Gasteiger partial charge in [0.2, 0.25) is 0 Å². The molecule has 4 aliphatic rings. The van der Waals surface area contributed by atoms with Crippen molar-refractivity contribution in [3.63, 3.8) is 0 Å². The quantitative estimate of drug-likeness (QED) is 0.164. The molecule has 0 fully saturated rings. The van der Waals surface area contributed by atoms with E-state index >= 15 is 0 Å². The first kappa shape index (κ1) is 30.8. The van der Waals surface area contributed by atoms with Crippen LogP contribution in [0.4, 0.5) is 0 Å². The fourth-order valence-corrected chi connectivity index (χ4v) is 9.38. The normalized spacial score (nSPS) is 14.9. The molecule has 7 aromatic rings. The second kappa shape index (κ2) is 12.4. The van der Waals surface area contributed by atoms with Crippen molar-refractivity contribution in [2.45, 2.75) is 12.8 Å². The largest absolute Gasteiger partial charge is 0.0795 e. The predicted molar refractivity (Wildman–Crippen MR) is 228 cm³/mol. The van der Waals surface area contributed by atoms with Crippen LogP contribution < -0.4 is 0 Å². The Hall–Kier alpha value is -6.76. The lowest BCUT2D eigenvalue weighted by Gasteiger charge is -2.20. The predicted octanol–water partition coefficient (Wildman–Crippen LogP) is 13.5. The molecule has 0 N–H and O–H groups in total. The zero-order chi connectivity index (χ0) is 35.6. The summed E-state index contributed by atoms with van der Waals surface area (Å²) in [5.74, 6) is 0. The first-order valence-corrected chi connectivity index (χ1v) is 19.1. The van der Waals surface area contributed by atoms with Crippen molar-refractivity contribution < 1.29 is 0 Å². The van der Waals surface area contributed by atoms with Gasteiger partial charge in [-0.2, -0.15) is 0 Å². The first-order valence-electron chi connectivity index (χ1n) is 19.1. The Morgan fingerprint density at radius 3 is 1.43 bits per heavy atom. The Morgan fingerprint density at radius 2 is 0.796 bits per heavy atom. The minimum absolute atomic E-state index is 0.935. The molecule has 0 atom stereocenters. The van der Waals surface area contributed by atoms with E-state index in [9.17, 15) is 0 Å². The van der Waals surface area contributed by atoms with Gasteiger partial charge in [-0.05, 0) is 136 Å². The van der Waals surface area contributed by atoms with Gasteiger partial charge in [0.25, 0.3) is 0 Å². The molecule has 0 saturated carbocycles. The maximum Gasteiger partial charge on any atom is -0.000126 e. The summed E-state index contributed by atoms with van der Waals surface area (Å²) in [6.07, 6.45) is 11.2. The Labute approximate surface area is 317 Å². The van der Waals surface area contributed by atoms with Crippen LogP contribution in [0.15, 0.2) is 188 Å². The standard InChI is InChI=1S/C54H36/c1-5-17-37(18-6-1)45-33-47-48(34-46(45)38-19-7-2-8-20-38)53-52(44-32-16-28-36-26-14-30-42(36)44)49(39-21-9-3-10-22-39)50(40-23-11-4-12-24-40)54(53)51(47)43-31-15-27-35-25-13-29-41(35)43/h1-25,27-28,30-34H,26,29H2. The molecule has 0 nitrogen and oxygen atoms in total. The van der Waals surface area contributed by atoms with E-state index in [-0.39, 0.29) is 0 Å². The number of hydrogen-bond acceptors (Lipinski definition) is 0. The summed E-state index contributed by atoms with van der Waals surface area (Å²) in [7, 11) is 0. The highest BCUT2D eigenvalue weighted by Gasteiger charge is 2.42. The third kappa shape index (κ3) is 4.70. The van der Waals surface area contributed by atoms with Crippen molar-refractivity contribution in [1.82, 2.24) is 0 Å². The smallest absolute Gasteiger partial charge is 0.000126 e. The molecule has 0 radical (unpaired) electrons. The van der Waals surface area contributed by atoms with Gasteiger partial charge in [-0.15, -0.1) is 0 Å². The summed E-state index contributed by atoms with van der Waals surface area (Å²) in [5, 5.41) is 0. The van der Waals surface area contributed by atoms with E-state index in [0.29, 0.717) is 0 Å². The Morgan fingerprint density at radius 1 is 0.296 bits per heavy atom. The van der Waals surface area contributed by atoms with Crippen molar-refractivity contribution in [2.24, 2.45) is 0 Å². The van der Waals surface area contributed by atoms with Crippen LogP contribution in [0.1, 0.15) is 55.6 Å². The maximum absolute atomic E-state index is 2.52. The zero-order valence-corrected chi connectivity index (χ0v) is 29.9. The number of benzene rings is 7. The monoisotopic (exact) mass is 684 g/mol. The first-order chi connectivity index (χ1) is 26.8. The van der Waals surface area contributed by atoms with Crippen LogP contribution in [0.2, 0.25) is 0 Å². The molecule has 0 bridgehead atoms. The topological polar surface area (TPSA) is 0 Å². The van der Waals surface area contributed by atoms with Gasteiger partial charge in [0.15, 0.2) is 0 Å². The van der Waals surface area contributed by atoms with E-state index in [4.69, 9.17) is 0 Å². The molecule has 0 amide bonds. The Kier molecular flexibility index (Phi) is 7.10. The van der Waals surface area contributed by atoms with Crippen LogP contribution in [-0.2, 0) is 12.8 Å². The minimum Gasteiger partial charge on any atom is -0.0795 e. The van der Waals surface area contributed by atoms with Gasteiger partial charge in [0.05, 0.1) is 0 Å². The molecule has 0 unspecified atom stereocenters. The van der Waals surface area contributed by atoms with Gasteiger partial charge >= 0.3 is 0 Å². The summed E-state index contributed by atoms with van der Waals surface area (Å²) in [6, 6.07) is 63.0. The van der Waals surface area contributed by atoms with Gasteiger partial charge in [-0.25, -0.2) is 0 Å². The Bertz CT molecular complexity index is 2810. The highest BCUT2D eigenvalue weighted by Crippen LogP contribution is 2.63. The SMILES string of the molecule is C1=Cc2c(cccc2C2=C3C(=C(c4cccc5c4CC=C5)c4cc(-c5ccccc5)c(-c5ccccc5)cc43)C(c3ccccc3)=C2c2ccccc2)C1. The highest BCUT2D eigenvalue weighted by atomic mass is 14.4. The summed E-state index contributed by atoms with van der Waals surface area (Å²) in [5.41, 5.74) is 26.1. The Balaban J connectivity index is 1.35. The molecule has 11 rings (SSSR count). The molecule has 0 heterocycles. The van der Waals surface area contributed by atoms with Crippen LogP contribution in [0, 0.1) is 0 Å². The van der Waals surface area contributed by atoms with Crippen molar-refractivity contribution in [3.05, 3.63) is 243 Å². The maximum atomic E-state index is 2.52. The summed E-state index contributed by atoms with van der Waals surface area (Å²) >= 11 is 0. The molecule has 0 aromatic heterocycles. The van der Waals surface area contributed by atoms with E-state index in [2.05, 4.69) is 194 Å². The third-order valence-corrected chi connectivity index (χ3v) is 11.7. The molecule has 0 heteroatoms. The van der Waals surface area contributed by atoms with Crippen LogP contribution in [0.25, 0.3) is 62.3 Å². The molecule has 4 aliphatic carbocycles. The van der Waals surface area contributed by atoms with Crippen LogP contribution in [-0.4, -0.2) is 0 Å². The van der Waals surface area contributed by atoms with Crippen molar-refractivity contribution >= 4 is 40.0 Å². The van der Waals surface area contributed by atoms with Crippen molar-refractivity contribution in [1.29, 1.82) is 0 Å². The van der Waals surface area contributed by atoms with Gasteiger partial charge in [-0.1, -0.05) is 182 Å². The van der Waals surface area contributed by atoms with Crippen molar-refractivity contribution in [2.75, 3.05) is 0 Å². The van der Waals surface area contributed by atoms with E-state index < -0.39 is 0 Å². The van der Waals surface area contributed by atoms with Gasteiger partial charge in [-0.3, -0.25) is 0 Å². The minimum atomic E-state index is 0.935. The van der Waals surface area contributed by atoms with Crippen LogP contribution >= 0.6 is 0 Å². The second-order valence-electron chi connectivity index (χ2n) is 14.6. The summed E-state index contributed by atoms with van der Waals surface area (Å²) < 4.78 is 0. The zero-order valence-electron chi connectivity index (χ0n) is 29.9. The molecule has 252 valence electrons. The van der Waals surface area contributed by atoms with Gasteiger partial charge in [0, 0.05) is 0 Å². The molecule has 0 spiro atoms. The fraction of sp³-hybridized carbons (Fsp3) is 0.0370. The number of rotatable bonds is 6. The average molecular weight is 685 g/mol. The number of allylic oxidation sites excluding steroid dienone is 7. The summed E-state index contributed by atoms with van der Waals surface area (Å²) in [4.78, 5) is 0. The van der Waals surface area contributed by atoms with Gasteiger partial charge < -0.3 is 0 Å². The number of fused-ring (bicyclic) bond motifs is 5. The lowest BCUT2D eigenvalue weighted by atomic mass is 9.82. The lowest BCUT2D eigenvalue weighted by molar-refractivity contribution is 1.28.